The van der Waals surface area contributed by atoms with E-state index in [1.165, 1.54) is 0 Å². The number of benzene rings is 1. The Hall–Kier alpha value is -2.14. The number of aromatic nitrogens is 2. The van der Waals surface area contributed by atoms with E-state index < -0.39 is 0 Å². The van der Waals surface area contributed by atoms with Crippen LogP contribution in [0.3, 0.4) is 0 Å². The summed E-state index contributed by atoms with van der Waals surface area (Å²) in [6, 6.07) is 7.06. The molecular formula is C10H10N4O. The van der Waals surface area contributed by atoms with Gasteiger partial charge in [0, 0.05) is 23.6 Å². The highest BCUT2D eigenvalue weighted by Crippen LogP contribution is 2.08. The molecule has 0 spiro atoms. The normalized spacial score (nSPS) is 9.93. The fourth-order valence-electron chi connectivity index (χ4n) is 1.28. The molecule has 0 fully saturated rings. The van der Waals surface area contributed by atoms with Gasteiger partial charge in [0.05, 0.1) is 6.33 Å². The quantitative estimate of drug-likeness (QED) is 0.422. The third kappa shape index (κ3) is 1.87. The Labute approximate surface area is 86.5 Å². The maximum absolute atomic E-state index is 11.2. The van der Waals surface area contributed by atoms with Crippen molar-refractivity contribution in [2.75, 3.05) is 0 Å². The van der Waals surface area contributed by atoms with Gasteiger partial charge in [-0.25, -0.2) is 10.8 Å². The average Bonchev–Trinajstić information content (AvgIpc) is 2.82. The van der Waals surface area contributed by atoms with Gasteiger partial charge in [-0.2, -0.15) is 0 Å². The second-order valence-electron chi connectivity index (χ2n) is 2.99. The highest BCUT2D eigenvalue weighted by atomic mass is 16.2. The van der Waals surface area contributed by atoms with Gasteiger partial charge in [0.15, 0.2) is 0 Å². The number of hydrogen-bond acceptors (Lipinski definition) is 3. The molecule has 1 aromatic carbocycles. The lowest BCUT2D eigenvalue weighted by Crippen LogP contribution is -2.29. The van der Waals surface area contributed by atoms with Crippen LogP contribution in [-0.2, 0) is 0 Å². The van der Waals surface area contributed by atoms with Crippen LogP contribution in [-0.4, -0.2) is 15.5 Å². The maximum atomic E-state index is 11.2. The first-order valence-electron chi connectivity index (χ1n) is 4.40. The van der Waals surface area contributed by atoms with E-state index in [1.54, 1.807) is 24.7 Å². The SMILES string of the molecule is NNC(=O)c1ccc(-n2ccnc2)cc1. The van der Waals surface area contributed by atoms with Crippen molar-refractivity contribution in [3.05, 3.63) is 48.5 Å². The second kappa shape index (κ2) is 3.93. The zero-order chi connectivity index (χ0) is 10.7. The van der Waals surface area contributed by atoms with Crippen molar-refractivity contribution in [1.29, 1.82) is 0 Å². The molecule has 1 aromatic heterocycles. The van der Waals surface area contributed by atoms with E-state index >= 15 is 0 Å². The lowest BCUT2D eigenvalue weighted by atomic mass is 10.2. The van der Waals surface area contributed by atoms with Gasteiger partial charge in [-0.3, -0.25) is 10.2 Å². The molecule has 15 heavy (non-hydrogen) atoms. The number of hydrazine groups is 1. The number of rotatable bonds is 2. The summed E-state index contributed by atoms with van der Waals surface area (Å²) in [6.45, 7) is 0. The zero-order valence-corrected chi connectivity index (χ0v) is 7.92. The summed E-state index contributed by atoms with van der Waals surface area (Å²) < 4.78 is 1.85. The Kier molecular flexibility index (Phi) is 2.47. The van der Waals surface area contributed by atoms with Crippen LogP contribution in [0.5, 0.6) is 0 Å². The summed E-state index contributed by atoms with van der Waals surface area (Å²) in [4.78, 5) is 15.1. The Balaban J connectivity index is 2.29. The van der Waals surface area contributed by atoms with Gasteiger partial charge in [-0.15, -0.1) is 0 Å². The molecule has 3 N–H and O–H groups in total. The summed E-state index contributed by atoms with van der Waals surface area (Å²) in [5, 5.41) is 0. The summed E-state index contributed by atoms with van der Waals surface area (Å²) in [7, 11) is 0. The van der Waals surface area contributed by atoms with Crippen molar-refractivity contribution < 1.29 is 4.79 Å². The number of carbonyl (C=O) groups is 1. The van der Waals surface area contributed by atoms with Gasteiger partial charge < -0.3 is 4.57 Å². The summed E-state index contributed by atoms with van der Waals surface area (Å²) in [5.74, 6) is 4.72. The molecule has 0 aliphatic rings. The Morgan fingerprint density at radius 3 is 2.60 bits per heavy atom. The minimum atomic E-state index is -0.299. The van der Waals surface area contributed by atoms with Gasteiger partial charge >= 0.3 is 0 Å². The van der Waals surface area contributed by atoms with Crippen molar-refractivity contribution in [2.45, 2.75) is 0 Å². The first-order valence-corrected chi connectivity index (χ1v) is 4.40. The van der Waals surface area contributed by atoms with Crippen molar-refractivity contribution in [1.82, 2.24) is 15.0 Å². The minimum absolute atomic E-state index is 0.299. The average molecular weight is 202 g/mol. The number of imidazole rings is 1. The molecule has 5 nitrogen and oxygen atoms in total. The monoisotopic (exact) mass is 202 g/mol. The van der Waals surface area contributed by atoms with Crippen LogP contribution >= 0.6 is 0 Å². The Morgan fingerprint density at radius 2 is 2.07 bits per heavy atom. The van der Waals surface area contributed by atoms with Crippen LogP contribution in [0.1, 0.15) is 10.4 Å². The molecule has 1 amide bonds. The van der Waals surface area contributed by atoms with E-state index in [9.17, 15) is 4.79 Å². The molecular weight excluding hydrogens is 192 g/mol. The van der Waals surface area contributed by atoms with E-state index in [0.29, 0.717) is 5.56 Å². The molecule has 0 unspecified atom stereocenters. The number of nitrogens with zero attached hydrogens (tertiary/aromatic N) is 2. The molecule has 0 aliphatic carbocycles. The molecule has 0 atom stereocenters. The van der Waals surface area contributed by atoms with E-state index in [0.717, 1.165) is 5.69 Å². The predicted molar refractivity (Wildman–Crippen MR) is 55.2 cm³/mol. The fourth-order valence-corrected chi connectivity index (χ4v) is 1.28. The largest absolute Gasteiger partial charge is 0.306 e. The zero-order valence-electron chi connectivity index (χ0n) is 7.92. The van der Waals surface area contributed by atoms with Gasteiger partial charge in [-0.1, -0.05) is 0 Å². The van der Waals surface area contributed by atoms with E-state index in [1.807, 2.05) is 22.9 Å². The van der Waals surface area contributed by atoms with Crippen molar-refractivity contribution >= 4 is 5.91 Å². The first kappa shape index (κ1) is 9.42. The molecule has 5 heteroatoms. The Morgan fingerprint density at radius 1 is 1.33 bits per heavy atom. The first-order chi connectivity index (χ1) is 7.31. The fraction of sp³-hybridized carbons (Fsp3) is 0. The van der Waals surface area contributed by atoms with Gasteiger partial charge in [-0.05, 0) is 24.3 Å². The summed E-state index contributed by atoms with van der Waals surface area (Å²) in [6.07, 6.45) is 5.22. The van der Waals surface area contributed by atoms with Gasteiger partial charge in [0.1, 0.15) is 0 Å². The third-order valence-corrected chi connectivity index (χ3v) is 2.06. The maximum Gasteiger partial charge on any atom is 0.265 e. The lowest BCUT2D eigenvalue weighted by Gasteiger charge is -2.03. The molecule has 0 radical (unpaired) electrons. The highest BCUT2D eigenvalue weighted by molar-refractivity contribution is 5.93. The number of nitrogens with two attached hydrogens (primary N) is 1. The standard InChI is InChI=1S/C10H10N4O/c11-13-10(15)8-1-3-9(4-2-8)14-6-5-12-7-14/h1-7H,11H2,(H,13,15). The van der Waals surface area contributed by atoms with Crippen molar-refractivity contribution in [3.8, 4) is 5.69 Å². The van der Waals surface area contributed by atoms with Gasteiger partial charge in [0.2, 0.25) is 0 Å². The van der Waals surface area contributed by atoms with Crippen LogP contribution in [0.2, 0.25) is 0 Å². The number of amides is 1. The minimum Gasteiger partial charge on any atom is -0.306 e. The van der Waals surface area contributed by atoms with Crippen molar-refractivity contribution in [3.63, 3.8) is 0 Å². The van der Waals surface area contributed by atoms with E-state index in [2.05, 4.69) is 10.4 Å². The number of nitrogen functional groups attached to an aromatic ring is 1. The van der Waals surface area contributed by atoms with Crippen LogP contribution in [0.25, 0.3) is 5.69 Å². The molecule has 0 saturated carbocycles. The molecule has 0 saturated heterocycles. The number of carbonyl (C=O) groups excluding carboxylic acids is 1. The molecule has 76 valence electrons. The van der Waals surface area contributed by atoms with Crippen LogP contribution in [0.15, 0.2) is 43.0 Å². The predicted octanol–water partition coefficient (Wildman–Crippen LogP) is 0.476. The Bertz CT molecular complexity index is 447. The summed E-state index contributed by atoms with van der Waals surface area (Å²) >= 11 is 0. The van der Waals surface area contributed by atoms with E-state index in [4.69, 9.17) is 5.84 Å². The third-order valence-electron chi connectivity index (χ3n) is 2.06. The van der Waals surface area contributed by atoms with Crippen LogP contribution < -0.4 is 11.3 Å². The molecule has 2 rings (SSSR count). The number of nitrogens with one attached hydrogen (secondary N) is 1. The lowest BCUT2D eigenvalue weighted by molar-refractivity contribution is 0.0953. The van der Waals surface area contributed by atoms with Crippen molar-refractivity contribution in [2.24, 2.45) is 5.84 Å². The molecule has 0 bridgehead atoms. The highest BCUT2D eigenvalue weighted by Gasteiger charge is 2.02. The van der Waals surface area contributed by atoms with Crippen LogP contribution in [0, 0.1) is 0 Å². The second-order valence-corrected chi connectivity index (χ2v) is 2.99. The summed E-state index contributed by atoms with van der Waals surface area (Å²) in [5.41, 5.74) is 3.55. The van der Waals surface area contributed by atoms with Crippen LogP contribution in [0.4, 0.5) is 0 Å². The topological polar surface area (TPSA) is 72.9 Å². The molecule has 2 aromatic rings. The van der Waals surface area contributed by atoms with E-state index in [-0.39, 0.29) is 5.91 Å². The number of hydrogen-bond donors (Lipinski definition) is 2. The molecule has 0 aliphatic heterocycles. The van der Waals surface area contributed by atoms with Gasteiger partial charge in [0.25, 0.3) is 5.91 Å². The molecule has 1 heterocycles. The smallest absolute Gasteiger partial charge is 0.265 e.